The molecule has 0 saturated heterocycles. The molecule has 21 heavy (non-hydrogen) atoms. The van der Waals surface area contributed by atoms with E-state index >= 15 is 0 Å². The molecule has 1 fully saturated rings. The van der Waals surface area contributed by atoms with Crippen molar-refractivity contribution in [1.82, 2.24) is 9.71 Å². The zero-order valence-corrected chi connectivity index (χ0v) is 12.8. The van der Waals surface area contributed by atoms with Crippen LogP contribution in [0.15, 0.2) is 47.6 Å². The van der Waals surface area contributed by atoms with Gasteiger partial charge in [0.05, 0.1) is 7.11 Å². The number of ether oxygens (including phenoxy) is 1. The Morgan fingerprint density at radius 3 is 2.43 bits per heavy atom. The minimum Gasteiger partial charge on any atom is -0.497 e. The van der Waals surface area contributed by atoms with E-state index in [1.165, 1.54) is 0 Å². The summed E-state index contributed by atoms with van der Waals surface area (Å²) in [5.41, 5.74) is 8.01. The van der Waals surface area contributed by atoms with Crippen molar-refractivity contribution in [1.29, 1.82) is 0 Å². The van der Waals surface area contributed by atoms with Crippen LogP contribution in [0.3, 0.4) is 0 Å². The fraction of sp³-hybridized carbons (Fsp3) is 0.312. The molecule has 1 aliphatic carbocycles. The zero-order valence-electron chi connectivity index (χ0n) is 12.0. The average Bonchev–Trinajstić information content (AvgIpc) is 2.51. The lowest BCUT2D eigenvalue weighted by atomic mass is 9.89. The summed E-state index contributed by atoms with van der Waals surface area (Å²) >= 11 is 1.58. The minimum atomic E-state index is 0.369. The molecule has 1 heterocycles. The molecule has 2 aromatic rings. The van der Waals surface area contributed by atoms with E-state index in [-0.39, 0.29) is 0 Å². The van der Waals surface area contributed by atoms with E-state index in [0.29, 0.717) is 12.1 Å². The molecular weight excluding hydrogens is 282 g/mol. The smallest absolute Gasteiger partial charge is 0.118 e. The number of aromatic nitrogens is 1. The number of nitrogens with zero attached hydrogens (tertiary/aromatic N) is 1. The highest BCUT2D eigenvalue weighted by atomic mass is 32.2. The van der Waals surface area contributed by atoms with E-state index < -0.39 is 0 Å². The van der Waals surface area contributed by atoms with Crippen LogP contribution in [-0.2, 0) is 0 Å². The van der Waals surface area contributed by atoms with Crippen LogP contribution in [0.4, 0.5) is 0 Å². The summed E-state index contributed by atoms with van der Waals surface area (Å²) in [6, 6.07) is 13.0. The van der Waals surface area contributed by atoms with Gasteiger partial charge in [-0.25, -0.2) is 4.98 Å². The predicted molar refractivity (Wildman–Crippen MR) is 86.2 cm³/mol. The summed E-state index contributed by atoms with van der Waals surface area (Å²) in [5, 5.41) is 0.979. The second-order valence-electron chi connectivity index (χ2n) is 5.26. The first-order chi connectivity index (χ1) is 10.2. The molecule has 110 valence electrons. The average molecular weight is 301 g/mol. The highest BCUT2D eigenvalue weighted by molar-refractivity contribution is 7.97. The first kappa shape index (κ1) is 14.4. The van der Waals surface area contributed by atoms with Gasteiger partial charge in [0, 0.05) is 23.8 Å². The van der Waals surface area contributed by atoms with Gasteiger partial charge in [0.25, 0.3) is 0 Å². The number of pyridine rings is 1. The predicted octanol–water partition coefficient (Wildman–Crippen LogP) is 2.84. The summed E-state index contributed by atoms with van der Waals surface area (Å²) in [5.74, 6) is 0.863. The van der Waals surface area contributed by atoms with Gasteiger partial charge >= 0.3 is 0 Å². The van der Waals surface area contributed by atoms with Crippen LogP contribution in [0.2, 0.25) is 0 Å². The van der Waals surface area contributed by atoms with Gasteiger partial charge in [-0.15, -0.1) is 0 Å². The quantitative estimate of drug-likeness (QED) is 0.832. The molecule has 0 unspecified atom stereocenters. The third-order valence-corrected chi connectivity index (χ3v) is 4.57. The van der Waals surface area contributed by atoms with Gasteiger partial charge in [0.2, 0.25) is 0 Å². The highest BCUT2D eigenvalue weighted by Gasteiger charge is 2.25. The maximum atomic E-state index is 5.77. The van der Waals surface area contributed by atoms with Gasteiger partial charge in [0.1, 0.15) is 10.8 Å². The van der Waals surface area contributed by atoms with Crippen molar-refractivity contribution in [2.24, 2.45) is 5.73 Å². The largest absolute Gasteiger partial charge is 0.497 e. The van der Waals surface area contributed by atoms with Crippen molar-refractivity contribution in [3.05, 3.63) is 42.6 Å². The number of hydrogen-bond donors (Lipinski definition) is 2. The summed E-state index contributed by atoms with van der Waals surface area (Å²) < 4.78 is 8.56. The molecule has 1 saturated carbocycles. The van der Waals surface area contributed by atoms with Crippen LogP contribution in [0.1, 0.15) is 12.8 Å². The summed E-state index contributed by atoms with van der Waals surface area (Å²) in [4.78, 5) is 4.48. The molecular formula is C16H19N3OS. The van der Waals surface area contributed by atoms with Crippen LogP contribution in [-0.4, -0.2) is 24.2 Å². The molecule has 5 heteroatoms. The van der Waals surface area contributed by atoms with Crippen molar-refractivity contribution < 1.29 is 4.74 Å². The molecule has 3 N–H and O–H groups in total. The molecule has 1 aliphatic rings. The van der Waals surface area contributed by atoms with Gasteiger partial charge in [-0.2, -0.15) is 0 Å². The molecule has 1 aromatic carbocycles. The van der Waals surface area contributed by atoms with E-state index in [9.17, 15) is 0 Å². The lowest BCUT2D eigenvalue weighted by Gasteiger charge is -2.32. The lowest BCUT2D eigenvalue weighted by Crippen LogP contribution is -2.46. The van der Waals surface area contributed by atoms with Crippen molar-refractivity contribution in [2.45, 2.75) is 30.0 Å². The Hall–Kier alpha value is -1.56. The molecule has 0 spiro atoms. The molecule has 0 atom stereocenters. The van der Waals surface area contributed by atoms with Crippen LogP contribution < -0.4 is 15.2 Å². The fourth-order valence-electron chi connectivity index (χ4n) is 2.30. The number of rotatable bonds is 5. The first-order valence-corrected chi connectivity index (χ1v) is 7.84. The monoisotopic (exact) mass is 301 g/mol. The Balaban J connectivity index is 1.60. The van der Waals surface area contributed by atoms with Crippen LogP contribution >= 0.6 is 11.9 Å². The van der Waals surface area contributed by atoms with Crippen molar-refractivity contribution in [2.75, 3.05) is 7.11 Å². The normalized spacial score (nSPS) is 20.9. The number of nitrogens with one attached hydrogen (secondary N) is 1. The Morgan fingerprint density at radius 2 is 1.86 bits per heavy atom. The van der Waals surface area contributed by atoms with Crippen LogP contribution in [0, 0.1) is 0 Å². The molecule has 0 aliphatic heterocycles. The summed E-state index contributed by atoms with van der Waals surface area (Å²) in [6.07, 6.45) is 4.01. The molecule has 4 nitrogen and oxygen atoms in total. The maximum Gasteiger partial charge on any atom is 0.118 e. The Morgan fingerprint density at radius 1 is 1.14 bits per heavy atom. The fourth-order valence-corrected chi connectivity index (χ4v) is 3.02. The van der Waals surface area contributed by atoms with E-state index in [1.54, 1.807) is 19.1 Å². The zero-order chi connectivity index (χ0) is 14.7. The standard InChI is InChI=1S/C16H19N3OS/c1-20-15-5-2-11(3-6-15)12-4-7-16(18-10-12)21-19-14-8-13(17)9-14/h2-7,10,13-14,19H,8-9,17H2,1H3. The van der Waals surface area contributed by atoms with Gasteiger partial charge < -0.3 is 10.5 Å². The number of methoxy groups -OCH3 is 1. The molecule has 0 amide bonds. The third kappa shape index (κ3) is 3.56. The second kappa shape index (κ2) is 6.47. The Labute approximate surface area is 129 Å². The summed E-state index contributed by atoms with van der Waals surface area (Å²) in [7, 11) is 1.67. The van der Waals surface area contributed by atoms with Crippen LogP contribution in [0.25, 0.3) is 11.1 Å². The van der Waals surface area contributed by atoms with Gasteiger partial charge in [0.15, 0.2) is 0 Å². The van der Waals surface area contributed by atoms with E-state index in [1.807, 2.05) is 36.5 Å². The molecule has 1 aromatic heterocycles. The van der Waals surface area contributed by atoms with Gasteiger partial charge in [-0.05, 0) is 48.6 Å². The van der Waals surface area contributed by atoms with Crippen molar-refractivity contribution in [3.8, 4) is 16.9 Å². The number of benzene rings is 1. The van der Waals surface area contributed by atoms with E-state index in [2.05, 4.69) is 15.8 Å². The molecule has 3 rings (SSSR count). The van der Waals surface area contributed by atoms with Crippen LogP contribution in [0.5, 0.6) is 5.75 Å². The maximum absolute atomic E-state index is 5.77. The minimum absolute atomic E-state index is 0.369. The van der Waals surface area contributed by atoms with E-state index in [0.717, 1.165) is 34.7 Å². The Kier molecular flexibility index (Phi) is 4.43. The Bertz CT molecular complexity index is 579. The van der Waals surface area contributed by atoms with E-state index in [4.69, 9.17) is 10.5 Å². The number of nitrogens with two attached hydrogens (primary N) is 1. The summed E-state index contributed by atoms with van der Waals surface area (Å²) in [6.45, 7) is 0. The lowest BCUT2D eigenvalue weighted by molar-refractivity contribution is 0.334. The molecule has 0 radical (unpaired) electrons. The SMILES string of the molecule is COc1ccc(-c2ccc(SNC3CC(N)C3)nc2)cc1. The second-order valence-corrected chi connectivity index (χ2v) is 6.12. The van der Waals surface area contributed by atoms with Crippen molar-refractivity contribution in [3.63, 3.8) is 0 Å². The third-order valence-electron chi connectivity index (χ3n) is 3.66. The van der Waals surface area contributed by atoms with Gasteiger partial charge in [-0.3, -0.25) is 4.72 Å². The van der Waals surface area contributed by atoms with Gasteiger partial charge in [-0.1, -0.05) is 18.2 Å². The number of hydrogen-bond acceptors (Lipinski definition) is 5. The highest BCUT2D eigenvalue weighted by Crippen LogP contribution is 2.25. The van der Waals surface area contributed by atoms with Crippen molar-refractivity contribution >= 4 is 11.9 Å². The molecule has 0 bridgehead atoms. The topological polar surface area (TPSA) is 60.2 Å². The first-order valence-electron chi connectivity index (χ1n) is 7.03.